The van der Waals surface area contributed by atoms with Crippen LogP contribution in [0.2, 0.25) is 0 Å². The van der Waals surface area contributed by atoms with Crippen molar-refractivity contribution in [3.63, 3.8) is 0 Å². The Hall–Kier alpha value is -2.11. The van der Waals surface area contributed by atoms with E-state index in [4.69, 9.17) is 4.42 Å². The van der Waals surface area contributed by atoms with Crippen molar-refractivity contribution in [2.75, 3.05) is 6.61 Å². The minimum absolute atomic E-state index is 0.108. The number of hydrogen-bond acceptors (Lipinski definition) is 4. The molecular formula is C20H26N2O3. The number of furan rings is 1. The number of rotatable bonds is 6. The number of carbonyl (C=O) groups excluding carboxylic acids is 1. The third-order valence-electron chi connectivity index (χ3n) is 4.96. The van der Waals surface area contributed by atoms with E-state index in [0.29, 0.717) is 18.2 Å². The first kappa shape index (κ1) is 17.7. The molecule has 2 atom stereocenters. The molecule has 0 bridgehead atoms. The average Bonchev–Trinajstić information content (AvgIpc) is 3.15. The Morgan fingerprint density at radius 3 is 2.96 bits per heavy atom. The van der Waals surface area contributed by atoms with E-state index >= 15 is 0 Å². The number of amides is 1. The molecule has 1 amide bonds. The van der Waals surface area contributed by atoms with Crippen molar-refractivity contribution in [1.29, 1.82) is 0 Å². The normalized spacial score (nSPS) is 21.2. The molecule has 1 fully saturated rings. The van der Waals surface area contributed by atoms with Crippen LogP contribution in [0.5, 0.6) is 0 Å². The van der Waals surface area contributed by atoms with Crippen LogP contribution in [-0.4, -0.2) is 34.6 Å². The quantitative estimate of drug-likeness (QED) is 0.847. The molecule has 0 spiro atoms. The molecule has 0 saturated carbocycles. The molecule has 1 saturated heterocycles. The van der Waals surface area contributed by atoms with Crippen molar-refractivity contribution in [3.8, 4) is 0 Å². The van der Waals surface area contributed by atoms with E-state index < -0.39 is 0 Å². The van der Waals surface area contributed by atoms with E-state index in [0.717, 1.165) is 37.1 Å². The van der Waals surface area contributed by atoms with Gasteiger partial charge < -0.3 is 14.8 Å². The number of aliphatic hydroxyl groups is 1. The van der Waals surface area contributed by atoms with Crippen LogP contribution in [0.4, 0.5) is 0 Å². The number of nitrogens with one attached hydrogen (secondary N) is 1. The maximum Gasteiger partial charge on any atom is 0.251 e. The first-order valence-electron chi connectivity index (χ1n) is 8.93. The molecule has 3 rings (SSSR count). The zero-order valence-corrected chi connectivity index (χ0v) is 14.6. The molecule has 2 aromatic rings. The van der Waals surface area contributed by atoms with Gasteiger partial charge in [-0.05, 0) is 49.6 Å². The summed E-state index contributed by atoms with van der Waals surface area (Å²) < 4.78 is 5.23. The van der Waals surface area contributed by atoms with Crippen LogP contribution < -0.4 is 5.32 Å². The predicted molar refractivity (Wildman–Crippen MR) is 96.1 cm³/mol. The third kappa shape index (κ3) is 4.50. The fourth-order valence-electron chi connectivity index (χ4n) is 3.53. The van der Waals surface area contributed by atoms with Gasteiger partial charge in [-0.2, -0.15) is 0 Å². The first-order chi connectivity index (χ1) is 12.2. The number of hydrogen-bond donors (Lipinski definition) is 2. The highest BCUT2D eigenvalue weighted by molar-refractivity contribution is 5.94. The minimum atomic E-state index is -0.108. The van der Waals surface area contributed by atoms with Crippen molar-refractivity contribution >= 4 is 5.91 Å². The predicted octanol–water partition coefficient (Wildman–Crippen LogP) is 2.94. The second-order valence-corrected chi connectivity index (χ2v) is 6.75. The summed E-state index contributed by atoms with van der Waals surface area (Å²) in [4.78, 5) is 14.7. The lowest BCUT2D eigenvalue weighted by Gasteiger charge is -2.40. The summed E-state index contributed by atoms with van der Waals surface area (Å²) >= 11 is 0. The van der Waals surface area contributed by atoms with Crippen LogP contribution in [-0.2, 0) is 13.1 Å². The fraction of sp³-hybridized carbons (Fsp3) is 0.450. The summed E-state index contributed by atoms with van der Waals surface area (Å²) in [7, 11) is 0. The highest BCUT2D eigenvalue weighted by Gasteiger charge is 2.27. The van der Waals surface area contributed by atoms with Crippen LogP contribution in [0.3, 0.4) is 0 Å². The van der Waals surface area contributed by atoms with Crippen molar-refractivity contribution < 1.29 is 14.3 Å². The number of nitrogens with zero attached hydrogens (tertiary/aromatic N) is 1. The molecule has 134 valence electrons. The highest BCUT2D eigenvalue weighted by atomic mass is 16.3. The van der Waals surface area contributed by atoms with E-state index in [-0.39, 0.29) is 18.6 Å². The van der Waals surface area contributed by atoms with E-state index in [2.05, 4.69) is 17.1 Å². The molecule has 2 N–H and O–H groups in total. The lowest BCUT2D eigenvalue weighted by molar-refractivity contribution is 0.0451. The van der Waals surface area contributed by atoms with Gasteiger partial charge in [0.15, 0.2) is 0 Å². The Morgan fingerprint density at radius 1 is 1.32 bits per heavy atom. The van der Waals surface area contributed by atoms with Gasteiger partial charge in [0.1, 0.15) is 5.76 Å². The van der Waals surface area contributed by atoms with Crippen LogP contribution in [0.15, 0.2) is 47.1 Å². The van der Waals surface area contributed by atoms with Gasteiger partial charge in [-0.1, -0.05) is 18.6 Å². The van der Waals surface area contributed by atoms with E-state index in [1.165, 1.54) is 0 Å². The Labute approximate surface area is 148 Å². The number of piperidine rings is 1. The Morgan fingerprint density at radius 2 is 2.20 bits per heavy atom. The van der Waals surface area contributed by atoms with Gasteiger partial charge in [0.25, 0.3) is 5.91 Å². The summed E-state index contributed by atoms with van der Waals surface area (Å²) in [6.07, 6.45) is 4.95. The van der Waals surface area contributed by atoms with Gasteiger partial charge in [0, 0.05) is 24.2 Å². The molecule has 1 aromatic heterocycles. The standard InChI is InChI=1S/C20H26N2O3/c1-15-5-2-8-18(14-23)22(15)13-16-6-3-7-17(11-16)20(24)21-12-19-9-4-10-25-19/h3-4,6-7,9-11,15,18,23H,2,5,8,12-14H2,1H3,(H,21,24). The Bertz CT molecular complexity index is 684. The molecule has 0 aliphatic carbocycles. The zero-order chi connectivity index (χ0) is 17.6. The monoisotopic (exact) mass is 342 g/mol. The van der Waals surface area contributed by atoms with E-state index in [9.17, 15) is 9.90 Å². The van der Waals surface area contributed by atoms with Gasteiger partial charge in [0.05, 0.1) is 19.4 Å². The summed E-state index contributed by atoms with van der Waals surface area (Å²) in [6, 6.07) is 12.0. The second-order valence-electron chi connectivity index (χ2n) is 6.75. The van der Waals surface area contributed by atoms with E-state index in [1.807, 2.05) is 30.3 Å². The lowest BCUT2D eigenvalue weighted by Crippen LogP contribution is -2.46. The smallest absolute Gasteiger partial charge is 0.251 e. The Balaban J connectivity index is 1.65. The summed E-state index contributed by atoms with van der Waals surface area (Å²) in [5.74, 6) is 0.626. The summed E-state index contributed by atoms with van der Waals surface area (Å²) in [5.41, 5.74) is 1.74. The van der Waals surface area contributed by atoms with Crippen molar-refractivity contribution in [2.24, 2.45) is 0 Å². The zero-order valence-electron chi connectivity index (χ0n) is 14.6. The molecule has 1 aromatic carbocycles. The van der Waals surface area contributed by atoms with Crippen LogP contribution >= 0.6 is 0 Å². The van der Waals surface area contributed by atoms with Crippen LogP contribution in [0, 0.1) is 0 Å². The molecule has 1 aliphatic heterocycles. The Kier molecular flexibility index (Phi) is 5.89. The average molecular weight is 342 g/mol. The summed E-state index contributed by atoms with van der Waals surface area (Å²) in [6.45, 7) is 3.53. The van der Waals surface area contributed by atoms with Gasteiger partial charge in [-0.25, -0.2) is 0 Å². The van der Waals surface area contributed by atoms with E-state index in [1.54, 1.807) is 12.3 Å². The van der Waals surface area contributed by atoms with Gasteiger partial charge >= 0.3 is 0 Å². The molecule has 1 aliphatic rings. The maximum atomic E-state index is 12.4. The molecular weight excluding hydrogens is 316 g/mol. The minimum Gasteiger partial charge on any atom is -0.467 e. The van der Waals surface area contributed by atoms with Gasteiger partial charge in [-0.3, -0.25) is 9.69 Å². The first-order valence-corrected chi connectivity index (χ1v) is 8.93. The van der Waals surface area contributed by atoms with Gasteiger partial charge in [-0.15, -0.1) is 0 Å². The molecule has 5 nitrogen and oxygen atoms in total. The lowest BCUT2D eigenvalue weighted by atomic mass is 9.96. The number of likely N-dealkylation sites (tertiary alicyclic amines) is 1. The summed E-state index contributed by atoms with van der Waals surface area (Å²) in [5, 5.41) is 12.5. The van der Waals surface area contributed by atoms with Crippen LogP contribution in [0.1, 0.15) is 47.9 Å². The molecule has 5 heteroatoms. The third-order valence-corrected chi connectivity index (χ3v) is 4.96. The molecule has 25 heavy (non-hydrogen) atoms. The topological polar surface area (TPSA) is 65.7 Å². The highest BCUT2D eigenvalue weighted by Crippen LogP contribution is 2.25. The SMILES string of the molecule is CC1CCCC(CO)N1Cc1cccc(C(=O)NCc2ccco2)c1. The maximum absolute atomic E-state index is 12.4. The van der Waals surface area contributed by atoms with Crippen molar-refractivity contribution in [1.82, 2.24) is 10.2 Å². The van der Waals surface area contributed by atoms with Crippen molar-refractivity contribution in [2.45, 2.75) is 51.4 Å². The molecule has 2 unspecified atom stereocenters. The molecule has 0 radical (unpaired) electrons. The number of carbonyl (C=O) groups is 1. The van der Waals surface area contributed by atoms with Crippen molar-refractivity contribution in [3.05, 3.63) is 59.5 Å². The largest absolute Gasteiger partial charge is 0.467 e. The number of benzene rings is 1. The number of aliphatic hydroxyl groups excluding tert-OH is 1. The molecule has 2 heterocycles. The van der Waals surface area contributed by atoms with Crippen LogP contribution in [0.25, 0.3) is 0 Å². The fourth-order valence-corrected chi connectivity index (χ4v) is 3.53. The second kappa shape index (κ2) is 8.32. The van der Waals surface area contributed by atoms with Gasteiger partial charge in [0.2, 0.25) is 0 Å².